The van der Waals surface area contributed by atoms with Gasteiger partial charge in [0.05, 0.1) is 11.1 Å². The number of rotatable bonds is 6. The van der Waals surface area contributed by atoms with Gasteiger partial charge in [-0.3, -0.25) is 9.59 Å². The van der Waals surface area contributed by atoms with Crippen LogP contribution in [0.3, 0.4) is 0 Å². The summed E-state index contributed by atoms with van der Waals surface area (Å²) in [4.78, 5) is 37.6. The van der Waals surface area contributed by atoms with Crippen LogP contribution >= 0.6 is 15.9 Å². The van der Waals surface area contributed by atoms with Crippen molar-refractivity contribution in [2.24, 2.45) is 5.92 Å². The first-order chi connectivity index (χ1) is 14.3. The number of aromatic nitrogens is 2. The average molecular weight is 472 g/mol. The maximum atomic E-state index is 12.7. The number of carbonyl (C=O) groups is 2. The Bertz CT molecular complexity index is 1170. The molecular formula is C22H22BrN3O4. The van der Waals surface area contributed by atoms with Crippen molar-refractivity contribution in [3.63, 3.8) is 0 Å². The van der Waals surface area contributed by atoms with E-state index in [4.69, 9.17) is 4.74 Å². The largest absolute Gasteiger partial charge is 0.451 e. The Morgan fingerprint density at radius 1 is 1.17 bits per heavy atom. The lowest BCUT2D eigenvalue weighted by Gasteiger charge is -2.12. The molecular weight excluding hydrogens is 450 g/mol. The lowest BCUT2D eigenvalue weighted by atomic mass is 10.1. The Kier molecular flexibility index (Phi) is 6.66. The number of esters is 1. The SMILES string of the molecule is Cc1ccc(NC(=O)COC(=O)c2nn(CC(C)C)c(=O)c3ccccc23)c(Br)c1. The topological polar surface area (TPSA) is 90.3 Å². The minimum Gasteiger partial charge on any atom is -0.451 e. The quantitative estimate of drug-likeness (QED) is 0.550. The second-order valence-electron chi connectivity index (χ2n) is 7.38. The summed E-state index contributed by atoms with van der Waals surface area (Å²) in [5, 5.41) is 7.69. The summed E-state index contributed by atoms with van der Waals surface area (Å²) in [6.07, 6.45) is 0. The third-order valence-electron chi connectivity index (χ3n) is 4.33. The molecule has 0 aliphatic heterocycles. The Morgan fingerprint density at radius 2 is 1.87 bits per heavy atom. The van der Waals surface area contributed by atoms with Gasteiger partial charge in [-0.2, -0.15) is 5.10 Å². The van der Waals surface area contributed by atoms with Gasteiger partial charge < -0.3 is 10.1 Å². The van der Waals surface area contributed by atoms with E-state index in [1.54, 1.807) is 30.3 Å². The van der Waals surface area contributed by atoms with Crippen molar-refractivity contribution < 1.29 is 14.3 Å². The number of hydrogen-bond donors (Lipinski definition) is 1. The molecule has 0 saturated heterocycles. The number of aryl methyl sites for hydroxylation is 1. The fourth-order valence-corrected chi connectivity index (χ4v) is 3.56. The van der Waals surface area contributed by atoms with Gasteiger partial charge >= 0.3 is 5.97 Å². The van der Waals surface area contributed by atoms with Crippen LogP contribution in [0.4, 0.5) is 5.69 Å². The molecule has 3 aromatic rings. The predicted molar refractivity (Wildman–Crippen MR) is 119 cm³/mol. The molecule has 30 heavy (non-hydrogen) atoms. The highest BCUT2D eigenvalue weighted by atomic mass is 79.9. The van der Waals surface area contributed by atoms with Crippen LogP contribution in [0.2, 0.25) is 0 Å². The van der Waals surface area contributed by atoms with Crippen molar-refractivity contribution in [1.29, 1.82) is 0 Å². The highest BCUT2D eigenvalue weighted by Gasteiger charge is 2.19. The van der Waals surface area contributed by atoms with Crippen molar-refractivity contribution in [3.8, 4) is 0 Å². The maximum Gasteiger partial charge on any atom is 0.359 e. The Morgan fingerprint density at radius 3 is 2.53 bits per heavy atom. The van der Waals surface area contributed by atoms with Crippen molar-refractivity contribution in [2.45, 2.75) is 27.3 Å². The molecule has 8 heteroatoms. The van der Waals surface area contributed by atoms with E-state index < -0.39 is 18.5 Å². The average Bonchev–Trinajstić information content (AvgIpc) is 2.70. The fourth-order valence-electron chi connectivity index (χ4n) is 2.96. The first-order valence-electron chi connectivity index (χ1n) is 9.49. The van der Waals surface area contributed by atoms with E-state index >= 15 is 0 Å². The third kappa shape index (κ3) is 4.94. The van der Waals surface area contributed by atoms with Crippen LogP contribution in [0.15, 0.2) is 51.7 Å². The second-order valence-corrected chi connectivity index (χ2v) is 8.24. The van der Waals surface area contributed by atoms with E-state index in [2.05, 4.69) is 26.3 Å². The molecule has 0 fully saturated rings. The van der Waals surface area contributed by atoms with Gasteiger partial charge in [0.2, 0.25) is 0 Å². The van der Waals surface area contributed by atoms with E-state index in [9.17, 15) is 14.4 Å². The number of nitrogens with one attached hydrogen (secondary N) is 1. The standard InChI is InChI=1S/C22H22BrN3O4/c1-13(2)11-26-21(28)16-7-5-4-6-15(16)20(25-26)22(29)30-12-19(27)24-18-9-8-14(3)10-17(18)23/h4-10,13H,11-12H2,1-3H3,(H,24,27). The second kappa shape index (κ2) is 9.21. The predicted octanol–water partition coefficient (Wildman–Crippen LogP) is 3.92. The van der Waals surface area contributed by atoms with E-state index in [0.29, 0.717) is 23.0 Å². The molecule has 0 aliphatic rings. The number of amides is 1. The van der Waals surface area contributed by atoms with Gasteiger partial charge in [-0.05, 0) is 52.5 Å². The van der Waals surface area contributed by atoms with E-state index in [0.717, 1.165) is 10.0 Å². The van der Waals surface area contributed by atoms with Crippen molar-refractivity contribution >= 4 is 44.3 Å². The normalized spacial score (nSPS) is 11.0. The number of carbonyl (C=O) groups excluding carboxylic acids is 2. The van der Waals surface area contributed by atoms with Crippen LogP contribution in [-0.4, -0.2) is 28.3 Å². The molecule has 0 unspecified atom stereocenters. The van der Waals surface area contributed by atoms with Crippen molar-refractivity contribution in [2.75, 3.05) is 11.9 Å². The molecule has 2 aromatic carbocycles. The number of fused-ring (bicyclic) bond motifs is 1. The number of halogens is 1. The van der Waals surface area contributed by atoms with Gasteiger partial charge in [-0.25, -0.2) is 9.48 Å². The highest BCUT2D eigenvalue weighted by Crippen LogP contribution is 2.23. The van der Waals surface area contributed by atoms with Crippen LogP contribution in [0.25, 0.3) is 10.8 Å². The van der Waals surface area contributed by atoms with Gasteiger partial charge in [0, 0.05) is 16.4 Å². The Labute approximate surface area is 182 Å². The molecule has 1 amide bonds. The molecule has 1 N–H and O–H groups in total. The summed E-state index contributed by atoms with van der Waals surface area (Å²) in [6, 6.07) is 12.2. The molecule has 0 aliphatic carbocycles. The number of benzene rings is 2. The summed E-state index contributed by atoms with van der Waals surface area (Å²) in [7, 11) is 0. The molecule has 0 radical (unpaired) electrons. The number of hydrogen-bond acceptors (Lipinski definition) is 5. The Balaban J connectivity index is 1.80. The highest BCUT2D eigenvalue weighted by molar-refractivity contribution is 9.10. The maximum absolute atomic E-state index is 12.7. The summed E-state index contributed by atoms with van der Waals surface area (Å²) < 4.78 is 7.19. The zero-order chi connectivity index (χ0) is 21.8. The van der Waals surface area contributed by atoms with Gasteiger partial charge in [0.25, 0.3) is 11.5 Å². The monoisotopic (exact) mass is 471 g/mol. The van der Waals surface area contributed by atoms with Crippen molar-refractivity contribution in [3.05, 3.63) is 68.5 Å². The van der Waals surface area contributed by atoms with Crippen LogP contribution in [0, 0.1) is 12.8 Å². The van der Waals surface area contributed by atoms with Crippen LogP contribution in [0.5, 0.6) is 0 Å². The lowest BCUT2D eigenvalue weighted by Crippen LogP contribution is -2.29. The molecule has 0 atom stereocenters. The minimum atomic E-state index is -0.762. The summed E-state index contributed by atoms with van der Waals surface area (Å²) in [5.74, 6) is -1.08. The van der Waals surface area contributed by atoms with Gasteiger partial charge in [-0.15, -0.1) is 0 Å². The lowest BCUT2D eigenvalue weighted by molar-refractivity contribution is -0.119. The van der Waals surface area contributed by atoms with E-state index in [1.807, 2.05) is 32.9 Å². The number of anilines is 1. The zero-order valence-electron chi connectivity index (χ0n) is 16.9. The molecule has 0 spiro atoms. The van der Waals surface area contributed by atoms with Crippen LogP contribution < -0.4 is 10.9 Å². The number of nitrogens with zero attached hydrogens (tertiary/aromatic N) is 2. The molecule has 7 nitrogen and oxygen atoms in total. The zero-order valence-corrected chi connectivity index (χ0v) is 18.5. The fraction of sp³-hybridized carbons (Fsp3) is 0.273. The smallest absolute Gasteiger partial charge is 0.359 e. The van der Waals surface area contributed by atoms with E-state index in [1.165, 1.54) is 4.68 Å². The van der Waals surface area contributed by atoms with Crippen LogP contribution in [0.1, 0.15) is 29.9 Å². The summed E-state index contributed by atoms with van der Waals surface area (Å²) in [6.45, 7) is 5.74. The Hall–Kier alpha value is -3.00. The first-order valence-corrected chi connectivity index (χ1v) is 10.3. The van der Waals surface area contributed by atoms with Gasteiger partial charge in [0.1, 0.15) is 0 Å². The van der Waals surface area contributed by atoms with Crippen molar-refractivity contribution in [1.82, 2.24) is 9.78 Å². The molecule has 0 bridgehead atoms. The molecule has 0 saturated carbocycles. The third-order valence-corrected chi connectivity index (χ3v) is 4.99. The minimum absolute atomic E-state index is 0.00941. The van der Waals surface area contributed by atoms with Gasteiger partial charge in [-0.1, -0.05) is 38.1 Å². The first kappa shape index (κ1) is 21.7. The molecule has 3 rings (SSSR count). The number of ether oxygens (including phenoxy) is 1. The molecule has 1 aromatic heterocycles. The van der Waals surface area contributed by atoms with Crippen LogP contribution in [-0.2, 0) is 16.1 Å². The summed E-state index contributed by atoms with van der Waals surface area (Å²) >= 11 is 3.39. The molecule has 156 valence electrons. The molecule has 1 heterocycles. The van der Waals surface area contributed by atoms with Gasteiger partial charge in [0.15, 0.2) is 12.3 Å². The summed E-state index contributed by atoms with van der Waals surface area (Å²) in [5.41, 5.74) is 1.37. The van der Waals surface area contributed by atoms with E-state index in [-0.39, 0.29) is 17.2 Å².